The molecule has 0 unspecified atom stereocenters. The average Bonchev–Trinajstić information content (AvgIpc) is 2.07. The molecular weight excluding hydrogens is 152 g/mol. The predicted molar refractivity (Wildman–Crippen MR) is 36.3 cm³/mol. The molecule has 1 saturated carbocycles. The van der Waals surface area contributed by atoms with Gasteiger partial charge in [-0.05, 0) is 18.8 Å². The molecule has 3 fully saturated rings. The SMILES string of the molecule is NS(=O)(=O)N1CC2CC1C2. The Morgan fingerprint density at radius 1 is 1.40 bits per heavy atom. The number of hydrogen-bond donors (Lipinski definition) is 1. The summed E-state index contributed by atoms with van der Waals surface area (Å²) in [5, 5.41) is 4.96. The molecule has 0 aromatic heterocycles. The maximum Gasteiger partial charge on any atom is 0.277 e. The van der Waals surface area contributed by atoms with Crippen LogP contribution in [0, 0.1) is 5.92 Å². The minimum absolute atomic E-state index is 0.236. The third-order valence-electron chi connectivity index (χ3n) is 2.38. The molecule has 2 N–H and O–H groups in total. The molecule has 4 nitrogen and oxygen atoms in total. The monoisotopic (exact) mass is 162 g/mol. The summed E-state index contributed by atoms with van der Waals surface area (Å²) in [6.07, 6.45) is 2.05. The molecule has 5 heteroatoms. The summed E-state index contributed by atoms with van der Waals surface area (Å²) in [6.45, 7) is 0.656. The quantitative estimate of drug-likeness (QED) is 0.553. The third kappa shape index (κ3) is 0.777. The first kappa shape index (κ1) is 6.57. The molecule has 0 atom stereocenters. The molecule has 2 bridgehead atoms. The van der Waals surface area contributed by atoms with Gasteiger partial charge in [0.1, 0.15) is 0 Å². The fraction of sp³-hybridized carbons (Fsp3) is 1.00. The van der Waals surface area contributed by atoms with Crippen molar-refractivity contribution in [3.05, 3.63) is 0 Å². The van der Waals surface area contributed by atoms with E-state index in [2.05, 4.69) is 0 Å². The molecule has 0 aromatic carbocycles. The van der Waals surface area contributed by atoms with Gasteiger partial charge in [0, 0.05) is 12.6 Å². The Morgan fingerprint density at radius 3 is 2.20 bits per heavy atom. The van der Waals surface area contributed by atoms with Crippen LogP contribution in [0.25, 0.3) is 0 Å². The number of hydrogen-bond acceptors (Lipinski definition) is 2. The van der Waals surface area contributed by atoms with E-state index >= 15 is 0 Å². The van der Waals surface area contributed by atoms with Crippen molar-refractivity contribution in [2.75, 3.05) is 6.54 Å². The van der Waals surface area contributed by atoms with Gasteiger partial charge < -0.3 is 0 Å². The highest BCUT2D eigenvalue weighted by atomic mass is 32.2. The van der Waals surface area contributed by atoms with Gasteiger partial charge in [-0.2, -0.15) is 12.7 Å². The van der Waals surface area contributed by atoms with E-state index in [0.29, 0.717) is 12.5 Å². The Hall–Kier alpha value is -0.130. The van der Waals surface area contributed by atoms with Crippen LogP contribution in [0.15, 0.2) is 0 Å². The largest absolute Gasteiger partial charge is 0.277 e. The van der Waals surface area contributed by atoms with Crippen molar-refractivity contribution in [1.29, 1.82) is 0 Å². The first-order chi connectivity index (χ1) is 4.57. The van der Waals surface area contributed by atoms with Crippen LogP contribution in [0.2, 0.25) is 0 Å². The molecule has 3 rings (SSSR count). The predicted octanol–water partition coefficient (Wildman–Crippen LogP) is -0.716. The topological polar surface area (TPSA) is 63.4 Å². The van der Waals surface area contributed by atoms with E-state index in [1.54, 1.807) is 0 Å². The molecule has 10 heavy (non-hydrogen) atoms. The highest BCUT2D eigenvalue weighted by molar-refractivity contribution is 7.86. The van der Waals surface area contributed by atoms with Gasteiger partial charge in [0.25, 0.3) is 10.2 Å². The zero-order valence-corrected chi connectivity index (χ0v) is 6.34. The summed E-state index contributed by atoms with van der Waals surface area (Å²) in [6, 6.07) is 0.236. The van der Waals surface area contributed by atoms with E-state index in [1.165, 1.54) is 4.31 Å². The summed E-state index contributed by atoms with van der Waals surface area (Å²) in [7, 11) is -3.38. The van der Waals surface area contributed by atoms with Gasteiger partial charge in [0.15, 0.2) is 0 Å². The Balaban J connectivity index is 2.22. The number of rotatable bonds is 1. The third-order valence-corrected chi connectivity index (χ3v) is 3.48. The van der Waals surface area contributed by atoms with Crippen molar-refractivity contribution in [2.45, 2.75) is 18.9 Å². The number of nitrogens with zero attached hydrogens (tertiary/aromatic N) is 1. The number of fused-ring (bicyclic) bond motifs is 1. The van der Waals surface area contributed by atoms with Crippen molar-refractivity contribution in [3.8, 4) is 0 Å². The number of nitrogens with two attached hydrogens (primary N) is 1. The fourth-order valence-electron chi connectivity index (χ4n) is 1.80. The molecule has 2 aliphatic heterocycles. The first-order valence-corrected chi connectivity index (χ1v) is 4.87. The van der Waals surface area contributed by atoms with Crippen LogP contribution in [0.5, 0.6) is 0 Å². The van der Waals surface area contributed by atoms with Crippen molar-refractivity contribution < 1.29 is 8.42 Å². The van der Waals surface area contributed by atoms with Crippen LogP contribution in [-0.2, 0) is 10.2 Å². The van der Waals surface area contributed by atoms with Gasteiger partial charge in [-0.15, -0.1) is 0 Å². The van der Waals surface area contributed by atoms with Gasteiger partial charge in [-0.25, -0.2) is 5.14 Å². The van der Waals surface area contributed by atoms with Crippen molar-refractivity contribution in [2.24, 2.45) is 11.1 Å². The lowest BCUT2D eigenvalue weighted by Gasteiger charge is -2.23. The fourth-order valence-corrected chi connectivity index (χ4v) is 2.81. The van der Waals surface area contributed by atoms with Crippen LogP contribution in [0.3, 0.4) is 0 Å². The second-order valence-corrected chi connectivity index (χ2v) is 4.60. The van der Waals surface area contributed by atoms with Gasteiger partial charge in [-0.3, -0.25) is 0 Å². The zero-order valence-electron chi connectivity index (χ0n) is 5.53. The molecule has 3 aliphatic rings. The molecule has 2 heterocycles. The summed E-state index contributed by atoms with van der Waals surface area (Å²) >= 11 is 0. The Morgan fingerprint density at radius 2 is 2.00 bits per heavy atom. The highest BCUT2D eigenvalue weighted by Crippen LogP contribution is 2.41. The Bertz CT molecular complexity index is 242. The smallest absolute Gasteiger partial charge is 0.216 e. The second-order valence-electron chi connectivity index (χ2n) is 3.11. The van der Waals surface area contributed by atoms with E-state index in [4.69, 9.17) is 5.14 Å². The summed E-state index contributed by atoms with van der Waals surface area (Å²) in [5.74, 6) is 0.600. The molecular formula is C5H10N2O2S. The highest BCUT2D eigenvalue weighted by Gasteiger charge is 2.46. The van der Waals surface area contributed by atoms with E-state index in [1.807, 2.05) is 0 Å². The van der Waals surface area contributed by atoms with Crippen molar-refractivity contribution >= 4 is 10.2 Å². The van der Waals surface area contributed by atoms with Crippen LogP contribution >= 0.6 is 0 Å². The van der Waals surface area contributed by atoms with Crippen molar-refractivity contribution in [1.82, 2.24) is 4.31 Å². The van der Waals surface area contributed by atoms with Crippen LogP contribution in [-0.4, -0.2) is 25.3 Å². The first-order valence-electron chi connectivity index (χ1n) is 3.37. The van der Waals surface area contributed by atoms with E-state index < -0.39 is 10.2 Å². The van der Waals surface area contributed by atoms with Crippen molar-refractivity contribution in [3.63, 3.8) is 0 Å². The lowest BCUT2D eigenvalue weighted by molar-refractivity contribution is 0.326. The molecule has 1 aliphatic carbocycles. The van der Waals surface area contributed by atoms with Gasteiger partial charge in [0.05, 0.1) is 0 Å². The van der Waals surface area contributed by atoms with Gasteiger partial charge >= 0.3 is 0 Å². The summed E-state index contributed by atoms with van der Waals surface area (Å²) in [5.41, 5.74) is 0. The standard InChI is InChI=1S/C5H10N2O2S/c6-10(8,9)7-3-4-1-5(7)2-4/h4-5H,1-3H2,(H2,6,8,9). The van der Waals surface area contributed by atoms with Gasteiger partial charge in [-0.1, -0.05) is 0 Å². The minimum Gasteiger partial charge on any atom is -0.216 e. The molecule has 2 saturated heterocycles. The van der Waals surface area contributed by atoms with Crippen LogP contribution < -0.4 is 5.14 Å². The summed E-state index contributed by atoms with van der Waals surface area (Å²) in [4.78, 5) is 0. The maximum absolute atomic E-state index is 10.8. The molecule has 58 valence electrons. The van der Waals surface area contributed by atoms with E-state index in [9.17, 15) is 8.42 Å². The minimum atomic E-state index is -3.38. The maximum atomic E-state index is 10.8. The van der Waals surface area contributed by atoms with Crippen LogP contribution in [0.1, 0.15) is 12.8 Å². The Kier molecular flexibility index (Phi) is 1.13. The lowest BCUT2D eigenvalue weighted by atomic mass is 9.87. The molecule has 0 amide bonds. The van der Waals surface area contributed by atoms with Gasteiger partial charge in [0.2, 0.25) is 0 Å². The van der Waals surface area contributed by atoms with E-state index in [-0.39, 0.29) is 6.04 Å². The van der Waals surface area contributed by atoms with E-state index in [0.717, 1.165) is 12.8 Å². The molecule has 0 spiro atoms. The Labute approximate surface area is 60.2 Å². The average molecular weight is 162 g/mol. The van der Waals surface area contributed by atoms with Crippen LogP contribution in [0.4, 0.5) is 0 Å². The second kappa shape index (κ2) is 1.72. The summed E-state index contributed by atoms with van der Waals surface area (Å²) < 4.78 is 23.0. The normalized spacial score (nSPS) is 39.7. The lowest BCUT2D eigenvalue weighted by Crippen LogP contribution is -2.38. The zero-order chi connectivity index (χ0) is 7.35. The molecule has 0 radical (unpaired) electrons. The molecule has 0 aromatic rings.